The van der Waals surface area contributed by atoms with Gasteiger partial charge in [-0.15, -0.1) is 0 Å². The Morgan fingerprint density at radius 3 is 2.32 bits per heavy atom. The number of hydrogen-bond donors (Lipinski definition) is 2. The zero-order chi connectivity index (χ0) is 32.8. The summed E-state index contributed by atoms with van der Waals surface area (Å²) in [4.78, 5) is 1.51. The van der Waals surface area contributed by atoms with Gasteiger partial charge in [0.1, 0.15) is 31.3 Å². The van der Waals surface area contributed by atoms with Crippen LogP contribution in [0.3, 0.4) is 0 Å². The molecule has 0 bridgehead atoms. The molecule has 47 heavy (non-hydrogen) atoms. The number of anilines is 2. The summed E-state index contributed by atoms with van der Waals surface area (Å²) >= 11 is 18.3. The topological polar surface area (TPSA) is 105 Å². The maximum absolute atomic E-state index is 6.55. The van der Waals surface area contributed by atoms with Crippen LogP contribution < -0.4 is 15.4 Å². The molecule has 1 aliphatic heterocycles. The van der Waals surface area contributed by atoms with Crippen molar-refractivity contribution in [3.05, 3.63) is 106 Å². The maximum Gasteiger partial charge on any atom is 0.219 e. The van der Waals surface area contributed by atoms with E-state index in [1.54, 1.807) is 36.9 Å². The Labute approximate surface area is 288 Å². The smallest absolute Gasteiger partial charge is 0.219 e. The van der Waals surface area contributed by atoms with Crippen molar-refractivity contribution in [3.63, 3.8) is 0 Å². The Bertz CT molecular complexity index is 1820. The van der Waals surface area contributed by atoms with E-state index in [0.717, 1.165) is 42.3 Å². The van der Waals surface area contributed by atoms with Gasteiger partial charge in [-0.1, -0.05) is 36.2 Å². The number of ether oxygens (including phenoxy) is 3. The first-order valence-corrected chi connectivity index (χ1v) is 16.6. The molecule has 0 spiro atoms. The van der Waals surface area contributed by atoms with Crippen molar-refractivity contribution in [2.24, 2.45) is 0 Å². The number of aromatic nitrogens is 6. The molecule has 0 amide bonds. The van der Waals surface area contributed by atoms with Crippen LogP contribution in [-0.4, -0.2) is 61.7 Å². The molecular weight excluding hydrogens is 659 g/mol. The highest BCUT2D eigenvalue weighted by Crippen LogP contribution is 2.40. The van der Waals surface area contributed by atoms with Crippen molar-refractivity contribution in [1.29, 1.82) is 0 Å². The molecule has 3 aromatic carbocycles. The van der Waals surface area contributed by atoms with E-state index < -0.39 is 5.79 Å². The summed E-state index contributed by atoms with van der Waals surface area (Å²) in [7, 11) is 0. The number of rotatable bonds is 14. The second kappa shape index (κ2) is 14.9. The van der Waals surface area contributed by atoms with E-state index in [0.29, 0.717) is 33.6 Å². The fourth-order valence-corrected chi connectivity index (χ4v) is 6.18. The summed E-state index contributed by atoms with van der Waals surface area (Å²) in [5, 5.41) is 20.7. The summed E-state index contributed by atoms with van der Waals surface area (Å²) in [5.74, 6) is -0.452. The second-order valence-electron chi connectivity index (χ2n) is 11.2. The average molecular weight is 696 g/mol. The highest BCUT2D eigenvalue weighted by molar-refractivity contribution is 7.71. The highest BCUT2D eigenvalue weighted by atomic mass is 35.5. The van der Waals surface area contributed by atoms with Crippen LogP contribution in [0.1, 0.15) is 31.9 Å². The van der Waals surface area contributed by atoms with Gasteiger partial charge in [-0.05, 0) is 86.2 Å². The first-order valence-electron chi connectivity index (χ1n) is 15.4. The van der Waals surface area contributed by atoms with Gasteiger partial charge in [-0.2, -0.15) is 20.1 Å². The standard InChI is InChI=1S/C33H36Cl2N8O3S/c1-3-23(2)43-32(47)41(22-40-43)27-9-5-25(6-10-27)36-14-15-37-26-7-11-28(12-8-26)44-19-29-20-45-33(46-29,21-42-38-16-17-39-42)30-13-4-24(34)18-31(30)35/h4-13,16-18,22-23,29,36-37H,3,14-15,19-21H2,1-2H3/t23?,29-,33-/m1/s1. The maximum atomic E-state index is 6.55. The third-order valence-corrected chi connectivity index (χ3v) is 8.87. The van der Waals surface area contributed by atoms with Crippen molar-refractivity contribution in [3.8, 4) is 11.4 Å². The van der Waals surface area contributed by atoms with Crippen LogP contribution in [0.25, 0.3) is 5.69 Å². The SMILES string of the molecule is CCC(C)n1ncn(-c2ccc(NCCNc3ccc(OC[C@@H]4CO[C@@](Cn5nccn5)(c5ccc(Cl)cc5Cl)O4)cc3)cc2)c1=S. The van der Waals surface area contributed by atoms with E-state index in [1.807, 2.05) is 57.8 Å². The van der Waals surface area contributed by atoms with Crippen LogP contribution in [0.5, 0.6) is 5.75 Å². The molecule has 14 heteroatoms. The highest BCUT2D eigenvalue weighted by Gasteiger charge is 2.46. The molecular formula is C33H36Cl2N8O3S. The molecule has 11 nitrogen and oxygen atoms in total. The number of hydrogen-bond acceptors (Lipinski definition) is 9. The summed E-state index contributed by atoms with van der Waals surface area (Å²) in [6.07, 6.45) is 5.62. The van der Waals surface area contributed by atoms with Crippen LogP contribution in [0.4, 0.5) is 11.4 Å². The Morgan fingerprint density at radius 1 is 0.979 bits per heavy atom. The normalized spacial score (nSPS) is 18.3. The van der Waals surface area contributed by atoms with Crippen LogP contribution in [0, 0.1) is 4.77 Å². The lowest BCUT2D eigenvalue weighted by molar-refractivity contribution is -0.192. The molecule has 2 aromatic heterocycles. The first-order chi connectivity index (χ1) is 22.8. The number of benzene rings is 3. The fraction of sp³-hybridized carbons (Fsp3) is 0.333. The second-order valence-corrected chi connectivity index (χ2v) is 12.4. The minimum absolute atomic E-state index is 0.221. The van der Waals surface area contributed by atoms with Crippen molar-refractivity contribution in [2.45, 2.75) is 44.7 Å². The molecule has 0 radical (unpaired) electrons. The van der Waals surface area contributed by atoms with Gasteiger partial charge in [0.15, 0.2) is 0 Å². The molecule has 2 N–H and O–H groups in total. The van der Waals surface area contributed by atoms with Gasteiger partial charge in [0.05, 0.1) is 30.1 Å². The number of halogens is 2. The van der Waals surface area contributed by atoms with E-state index in [1.165, 1.54) is 4.80 Å². The van der Waals surface area contributed by atoms with Gasteiger partial charge < -0.3 is 24.8 Å². The molecule has 246 valence electrons. The molecule has 5 aromatic rings. The van der Waals surface area contributed by atoms with Gasteiger partial charge in [0.2, 0.25) is 10.6 Å². The predicted octanol–water partition coefficient (Wildman–Crippen LogP) is 7.14. The zero-order valence-corrected chi connectivity index (χ0v) is 28.4. The predicted molar refractivity (Wildman–Crippen MR) is 185 cm³/mol. The van der Waals surface area contributed by atoms with Crippen LogP contribution in [-0.2, 0) is 21.8 Å². The molecule has 6 rings (SSSR count). The molecule has 0 saturated carbocycles. The summed E-state index contributed by atoms with van der Waals surface area (Å²) < 4.78 is 23.2. The third-order valence-electron chi connectivity index (χ3n) is 7.94. The molecule has 3 atom stereocenters. The Balaban J connectivity index is 0.967. The quantitative estimate of drug-likeness (QED) is 0.0927. The van der Waals surface area contributed by atoms with Crippen molar-refractivity contribution >= 4 is 46.8 Å². The largest absolute Gasteiger partial charge is 0.491 e. The number of nitrogens with zero attached hydrogens (tertiary/aromatic N) is 6. The molecule has 3 heterocycles. The van der Waals surface area contributed by atoms with Crippen molar-refractivity contribution in [2.75, 3.05) is 36.9 Å². The first kappa shape index (κ1) is 33.0. The summed E-state index contributed by atoms with van der Waals surface area (Å²) in [6.45, 7) is 6.55. The van der Waals surface area contributed by atoms with E-state index in [-0.39, 0.29) is 18.7 Å². The van der Waals surface area contributed by atoms with Crippen molar-refractivity contribution < 1.29 is 14.2 Å². The van der Waals surface area contributed by atoms with Gasteiger partial charge in [-0.3, -0.25) is 4.57 Å². The van der Waals surface area contributed by atoms with E-state index in [4.69, 9.17) is 49.6 Å². The molecule has 1 unspecified atom stereocenters. The molecule has 1 fully saturated rings. The van der Waals surface area contributed by atoms with Gasteiger partial charge in [-0.25, -0.2) is 4.68 Å². The Kier molecular flexibility index (Phi) is 10.4. The molecule has 0 aliphatic carbocycles. The summed E-state index contributed by atoms with van der Waals surface area (Å²) in [5.41, 5.74) is 3.66. The summed E-state index contributed by atoms with van der Waals surface area (Å²) in [6, 6.07) is 21.5. The third kappa shape index (κ3) is 7.79. The molecule has 1 aliphatic rings. The molecule has 1 saturated heterocycles. The minimum atomic E-state index is -1.18. The zero-order valence-electron chi connectivity index (χ0n) is 26.1. The average Bonchev–Trinajstić information content (AvgIpc) is 3.84. The lowest BCUT2D eigenvalue weighted by atomic mass is 10.1. The Hall–Kier alpha value is -3.94. The van der Waals surface area contributed by atoms with Crippen LogP contribution >= 0.6 is 35.4 Å². The van der Waals surface area contributed by atoms with Gasteiger partial charge in [0, 0.05) is 40.7 Å². The van der Waals surface area contributed by atoms with E-state index >= 15 is 0 Å². The van der Waals surface area contributed by atoms with Gasteiger partial charge >= 0.3 is 0 Å². The minimum Gasteiger partial charge on any atom is -0.491 e. The van der Waals surface area contributed by atoms with E-state index in [9.17, 15) is 0 Å². The van der Waals surface area contributed by atoms with Crippen LogP contribution in [0.15, 0.2) is 85.5 Å². The van der Waals surface area contributed by atoms with Gasteiger partial charge in [0.25, 0.3) is 0 Å². The monoisotopic (exact) mass is 694 g/mol. The number of nitrogens with one attached hydrogen (secondary N) is 2. The van der Waals surface area contributed by atoms with Crippen molar-refractivity contribution in [1.82, 2.24) is 29.3 Å². The van der Waals surface area contributed by atoms with E-state index in [2.05, 4.69) is 39.8 Å². The lowest BCUT2D eigenvalue weighted by Crippen LogP contribution is -2.35. The van der Waals surface area contributed by atoms with Crippen LogP contribution in [0.2, 0.25) is 10.0 Å². The Morgan fingerprint density at radius 2 is 1.66 bits per heavy atom. The fourth-order valence-electron chi connectivity index (χ4n) is 5.25. The lowest BCUT2D eigenvalue weighted by Gasteiger charge is -2.29.